The van der Waals surface area contributed by atoms with Gasteiger partial charge in [0.05, 0.1) is 0 Å². The molecule has 0 aromatic heterocycles. The molecule has 1 heterocycles. The number of anilines is 1. The Kier molecular flexibility index (Phi) is 3.60. The molecule has 1 aromatic carbocycles. The molecule has 1 fully saturated rings. The fourth-order valence-electron chi connectivity index (χ4n) is 1.95. The molecule has 4 heteroatoms. The Hall–Kier alpha value is -0.480. The first kappa shape index (κ1) is 12.0. The van der Waals surface area contributed by atoms with Crippen LogP contribution in [0.1, 0.15) is 12.0 Å². The SMILES string of the molecule is Cc1cc(N2CC(CS)CC2=O)ccc1Br. The lowest BCUT2D eigenvalue weighted by molar-refractivity contribution is -0.117. The summed E-state index contributed by atoms with van der Waals surface area (Å²) in [6.07, 6.45) is 0.624. The third-order valence-electron chi connectivity index (χ3n) is 2.92. The van der Waals surface area contributed by atoms with Gasteiger partial charge in [0.2, 0.25) is 5.91 Å². The lowest BCUT2D eigenvalue weighted by Crippen LogP contribution is -2.24. The molecule has 86 valence electrons. The van der Waals surface area contributed by atoms with Gasteiger partial charge in [-0.15, -0.1) is 0 Å². The van der Waals surface area contributed by atoms with E-state index in [-0.39, 0.29) is 5.91 Å². The first-order valence-corrected chi connectivity index (χ1v) is 6.71. The van der Waals surface area contributed by atoms with Crippen LogP contribution in [-0.2, 0) is 4.79 Å². The van der Waals surface area contributed by atoms with Gasteiger partial charge in [0.1, 0.15) is 0 Å². The van der Waals surface area contributed by atoms with Crippen LogP contribution in [0.5, 0.6) is 0 Å². The molecule has 2 rings (SSSR count). The van der Waals surface area contributed by atoms with Gasteiger partial charge in [0.25, 0.3) is 0 Å². The molecule has 0 radical (unpaired) electrons. The van der Waals surface area contributed by atoms with E-state index in [1.165, 1.54) is 0 Å². The van der Waals surface area contributed by atoms with E-state index in [2.05, 4.69) is 28.6 Å². The highest BCUT2D eigenvalue weighted by molar-refractivity contribution is 9.10. The number of hydrogen-bond donors (Lipinski definition) is 1. The molecule has 1 atom stereocenters. The molecular formula is C12H14BrNOS. The molecule has 0 saturated carbocycles. The fourth-order valence-corrected chi connectivity index (χ4v) is 2.44. The minimum atomic E-state index is 0.209. The molecular weight excluding hydrogens is 286 g/mol. The zero-order valence-corrected chi connectivity index (χ0v) is 11.6. The average molecular weight is 300 g/mol. The van der Waals surface area contributed by atoms with Gasteiger partial charge in [-0.1, -0.05) is 15.9 Å². The van der Waals surface area contributed by atoms with Crippen LogP contribution in [0, 0.1) is 12.8 Å². The summed E-state index contributed by atoms with van der Waals surface area (Å²) in [6, 6.07) is 6.02. The van der Waals surface area contributed by atoms with Crippen molar-refractivity contribution >= 4 is 40.2 Å². The average Bonchev–Trinajstić information content (AvgIpc) is 2.64. The van der Waals surface area contributed by atoms with Gasteiger partial charge in [-0.05, 0) is 42.4 Å². The molecule has 1 saturated heterocycles. The Labute approximate surface area is 110 Å². The van der Waals surface area contributed by atoms with Crippen LogP contribution >= 0.6 is 28.6 Å². The number of carbonyl (C=O) groups is 1. The smallest absolute Gasteiger partial charge is 0.227 e. The van der Waals surface area contributed by atoms with Crippen LogP contribution < -0.4 is 4.90 Å². The van der Waals surface area contributed by atoms with Gasteiger partial charge in [-0.2, -0.15) is 12.6 Å². The Morgan fingerprint density at radius 3 is 2.88 bits per heavy atom. The van der Waals surface area contributed by atoms with Crippen LogP contribution in [0.15, 0.2) is 22.7 Å². The first-order chi connectivity index (χ1) is 7.61. The number of hydrogen-bond acceptors (Lipinski definition) is 2. The number of carbonyl (C=O) groups excluding carboxylic acids is 1. The van der Waals surface area contributed by atoms with E-state index in [0.717, 1.165) is 28.0 Å². The number of rotatable bonds is 2. The summed E-state index contributed by atoms with van der Waals surface area (Å²) in [5, 5.41) is 0. The van der Waals surface area contributed by atoms with Crippen molar-refractivity contribution in [3.8, 4) is 0 Å². The summed E-state index contributed by atoms with van der Waals surface area (Å²) < 4.78 is 1.08. The monoisotopic (exact) mass is 299 g/mol. The second-order valence-electron chi connectivity index (χ2n) is 4.19. The number of halogens is 1. The van der Waals surface area contributed by atoms with Crippen LogP contribution in [0.2, 0.25) is 0 Å². The normalized spacial score (nSPS) is 20.6. The van der Waals surface area contributed by atoms with Gasteiger partial charge >= 0.3 is 0 Å². The second-order valence-corrected chi connectivity index (χ2v) is 5.41. The van der Waals surface area contributed by atoms with Crippen LogP contribution in [0.3, 0.4) is 0 Å². The number of benzene rings is 1. The maximum atomic E-state index is 11.8. The standard InChI is InChI=1S/C12H14BrNOS/c1-8-4-10(2-3-11(8)13)14-6-9(7-16)5-12(14)15/h2-4,9,16H,5-7H2,1H3. The minimum Gasteiger partial charge on any atom is -0.312 e. The highest BCUT2D eigenvalue weighted by Crippen LogP contribution is 2.28. The zero-order chi connectivity index (χ0) is 11.7. The van der Waals surface area contributed by atoms with Gasteiger partial charge in [-0.25, -0.2) is 0 Å². The second kappa shape index (κ2) is 4.80. The van der Waals surface area contributed by atoms with E-state index in [4.69, 9.17) is 0 Å². The quantitative estimate of drug-likeness (QED) is 0.832. The Morgan fingerprint density at radius 2 is 2.31 bits per heavy atom. The third-order valence-corrected chi connectivity index (χ3v) is 4.32. The highest BCUT2D eigenvalue weighted by atomic mass is 79.9. The molecule has 0 bridgehead atoms. The first-order valence-electron chi connectivity index (χ1n) is 5.29. The van der Waals surface area contributed by atoms with Crippen molar-refractivity contribution in [2.45, 2.75) is 13.3 Å². The van der Waals surface area contributed by atoms with Crippen LogP contribution in [-0.4, -0.2) is 18.2 Å². The number of thiol groups is 1. The summed E-state index contributed by atoms with van der Waals surface area (Å²) in [7, 11) is 0. The maximum absolute atomic E-state index is 11.8. The van der Waals surface area contributed by atoms with Gasteiger partial charge in [0.15, 0.2) is 0 Å². The van der Waals surface area contributed by atoms with Crippen molar-refractivity contribution in [1.29, 1.82) is 0 Å². The predicted octanol–water partition coefficient (Wildman–Crippen LogP) is 3.04. The lowest BCUT2D eigenvalue weighted by atomic mass is 10.1. The summed E-state index contributed by atoms with van der Waals surface area (Å²) in [5.41, 5.74) is 2.15. The van der Waals surface area contributed by atoms with Gasteiger partial charge in [-0.3, -0.25) is 4.79 Å². The van der Waals surface area contributed by atoms with E-state index in [0.29, 0.717) is 12.3 Å². The van der Waals surface area contributed by atoms with E-state index >= 15 is 0 Å². The molecule has 1 aliphatic rings. The Balaban J connectivity index is 2.24. The predicted molar refractivity (Wildman–Crippen MR) is 73.2 cm³/mol. The maximum Gasteiger partial charge on any atom is 0.227 e. The van der Waals surface area contributed by atoms with Crippen molar-refractivity contribution < 1.29 is 4.79 Å². The molecule has 0 aliphatic carbocycles. The Morgan fingerprint density at radius 1 is 1.56 bits per heavy atom. The van der Waals surface area contributed by atoms with Crippen LogP contribution in [0.4, 0.5) is 5.69 Å². The van der Waals surface area contributed by atoms with E-state index in [1.54, 1.807) is 0 Å². The number of aryl methyl sites for hydroxylation is 1. The van der Waals surface area contributed by atoms with E-state index in [1.807, 2.05) is 30.0 Å². The van der Waals surface area contributed by atoms with Crippen molar-refractivity contribution in [1.82, 2.24) is 0 Å². The van der Waals surface area contributed by atoms with Crippen molar-refractivity contribution in [2.75, 3.05) is 17.2 Å². The topological polar surface area (TPSA) is 20.3 Å². The van der Waals surface area contributed by atoms with Gasteiger partial charge in [0, 0.05) is 23.1 Å². The zero-order valence-electron chi connectivity index (χ0n) is 9.11. The van der Waals surface area contributed by atoms with Crippen molar-refractivity contribution in [3.63, 3.8) is 0 Å². The summed E-state index contributed by atoms with van der Waals surface area (Å²) in [4.78, 5) is 13.7. The van der Waals surface area contributed by atoms with Gasteiger partial charge < -0.3 is 4.90 Å². The molecule has 0 spiro atoms. The minimum absolute atomic E-state index is 0.209. The van der Waals surface area contributed by atoms with Crippen molar-refractivity contribution in [3.05, 3.63) is 28.2 Å². The van der Waals surface area contributed by atoms with Crippen molar-refractivity contribution in [2.24, 2.45) is 5.92 Å². The Bertz CT molecular complexity index is 421. The van der Waals surface area contributed by atoms with E-state index < -0.39 is 0 Å². The molecule has 0 N–H and O–H groups in total. The largest absolute Gasteiger partial charge is 0.312 e. The fraction of sp³-hybridized carbons (Fsp3) is 0.417. The summed E-state index contributed by atoms with van der Waals surface area (Å²) in [6.45, 7) is 2.83. The molecule has 1 unspecified atom stereocenters. The number of amides is 1. The van der Waals surface area contributed by atoms with Crippen LogP contribution in [0.25, 0.3) is 0 Å². The molecule has 16 heavy (non-hydrogen) atoms. The third kappa shape index (κ3) is 2.28. The molecule has 2 nitrogen and oxygen atoms in total. The lowest BCUT2D eigenvalue weighted by Gasteiger charge is -2.17. The molecule has 1 aromatic rings. The highest BCUT2D eigenvalue weighted by Gasteiger charge is 2.29. The number of nitrogens with zero attached hydrogens (tertiary/aromatic N) is 1. The summed E-state index contributed by atoms with van der Waals surface area (Å²) in [5.74, 6) is 1.37. The summed E-state index contributed by atoms with van der Waals surface area (Å²) >= 11 is 7.72. The van der Waals surface area contributed by atoms with E-state index in [9.17, 15) is 4.79 Å². The molecule has 1 aliphatic heterocycles. The molecule has 1 amide bonds.